The Morgan fingerprint density at radius 2 is 2.39 bits per heavy atom. The molecule has 1 unspecified atom stereocenters. The Morgan fingerprint density at radius 3 is 3.11 bits per heavy atom. The predicted octanol–water partition coefficient (Wildman–Crippen LogP) is 1.29. The molecule has 0 radical (unpaired) electrons. The van der Waals surface area contributed by atoms with Crippen molar-refractivity contribution in [1.29, 1.82) is 0 Å². The van der Waals surface area contributed by atoms with Crippen molar-refractivity contribution < 1.29 is 9.63 Å². The van der Waals surface area contributed by atoms with Gasteiger partial charge in [0.25, 0.3) is 0 Å². The number of rotatable bonds is 2. The zero-order chi connectivity index (χ0) is 12.5. The zero-order valence-electron chi connectivity index (χ0n) is 9.38. The van der Waals surface area contributed by atoms with E-state index in [0.29, 0.717) is 30.4 Å². The molecule has 1 aliphatic rings. The fourth-order valence-electron chi connectivity index (χ4n) is 1.93. The second-order valence-electron chi connectivity index (χ2n) is 4.14. The van der Waals surface area contributed by atoms with E-state index in [2.05, 4.69) is 36.4 Å². The average molecular weight is 311 g/mol. The summed E-state index contributed by atoms with van der Waals surface area (Å²) in [6.45, 7) is 0.551. The molecular formula is C11H11BrN4O2. The van der Waals surface area contributed by atoms with Crippen LogP contribution in [0.3, 0.4) is 0 Å². The monoisotopic (exact) mass is 310 g/mol. The van der Waals surface area contributed by atoms with Gasteiger partial charge in [-0.05, 0) is 34.5 Å². The highest BCUT2D eigenvalue weighted by molar-refractivity contribution is 9.10. The van der Waals surface area contributed by atoms with Crippen LogP contribution < -0.4 is 5.32 Å². The second-order valence-corrected chi connectivity index (χ2v) is 4.99. The van der Waals surface area contributed by atoms with E-state index in [-0.39, 0.29) is 12.1 Å². The fourth-order valence-corrected chi connectivity index (χ4v) is 2.36. The molecule has 2 N–H and O–H groups in total. The predicted molar refractivity (Wildman–Crippen MR) is 66.6 cm³/mol. The number of pyridine rings is 1. The minimum atomic E-state index is -0.355. The lowest BCUT2D eigenvalue weighted by Crippen LogP contribution is -2.15. The lowest BCUT2D eigenvalue weighted by atomic mass is 10.2. The first-order chi connectivity index (χ1) is 8.74. The Kier molecular flexibility index (Phi) is 3.11. The summed E-state index contributed by atoms with van der Waals surface area (Å²) in [5.74, 6) is 0.930. The van der Waals surface area contributed by atoms with Gasteiger partial charge in [0.1, 0.15) is 5.69 Å². The quantitative estimate of drug-likeness (QED) is 0.869. The van der Waals surface area contributed by atoms with Gasteiger partial charge < -0.3 is 14.9 Å². The topological polar surface area (TPSA) is 84.1 Å². The van der Waals surface area contributed by atoms with E-state index >= 15 is 0 Å². The summed E-state index contributed by atoms with van der Waals surface area (Å²) in [4.78, 5) is 8.52. The number of aliphatic hydroxyl groups excluding tert-OH is 1. The first kappa shape index (κ1) is 11.8. The number of aliphatic hydroxyl groups is 1. The first-order valence-electron chi connectivity index (χ1n) is 5.60. The Balaban J connectivity index is 1.88. The van der Waals surface area contributed by atoms with Crippen LogP contribution in [0.5, 0.6) is 0 Å². The van der Waals surface area contributed by atoms with Crippen LogP contribution >= 0.6 is 15.9 Å². The van der Waals surface area contributed by atoms with E-state index in [1.807, 2.05) is 12.1 Å². The molecule has 3 heterocycles. The molecule has 7 heteroatoms. The van der Waals surface area contributed by atoms with E-state index in [1.54, 1.807) is 6.20 Å². The molecule has 1 aliphatic heterocycles. The highest BCUT2D eigenvalue weighted by atomic mass is 79.9. The molecule has 1 saturated heterocycles. The number of nitrogens with one attached hydrogen (secondary N) is 1. The fraction of sp³-hybridized carbons (Fsp3) is 0.364. The van der Waals surface area contributed by atoms with Crippen LogP contribution in [0.1, 0.15) is 18.4 Å². The molecule has 2 aromatic heterocycles. The summed E-state index contributed by atoms with van der Waals surface area (Å²) >= 11 is 3.40. The van der Waals surface area contributed by atoms with Gasteiger partial charge in [0.05, 0.1) is 12.1 Å². The number of nitrogens with zero attached hydrogens (tertiary/aromatic N) is 3. The Hall–Kier alpha value is -1.31. The molecule has 1 fully saturated rings. The number of halogens is 1. The summed E-state index contributed by atoms with van der Waals surface area (Å²) in [6, 6.07) is 3.61. The number of aromatic nitrogens is 3. The molecule has 94 valence electrons. The van der Waals surface area contributed by atoms with Gasteiger partial charge in [-0.25, -0.2) is 0 Å². The van der Waals surface area contributed by atoms with Crippen molar-refractivity contribution in [2.75, 3.05) is 6.54 Å². The van der Waals surface area contributed by atoms with Gasteiger partial charge in [0.15, 0.2) is 0 Å². The Bertz CT molecular complexity index is 559. The molecule has 0 amide bonds. The van der Waals surface area contributed by atoms with E-state index < -0.39 is 0 Å². The summed E-state index contributed by atoms with van der Waals surface area (Å²) in [6.07, 6.45) is 1.91. The van der Waals surface area contributed by atoms with Crippen LogP contribution in [0.25, 0.3) is 11.5 Å². The van der Waals surface area contributed by atoms with Crippen molar-refractivity contribution >= 4 is 15.9 Å². The van der Waals surface area contributed by atoms with Crippen molar-refractivity contribution in [3.05, 3.63) is 28.7 Å². The zero-order valence-corrected chi connectivity index (χ0v) is 11.0. The van der Waals surface area contributed by atoms with Crippen LogP contribution in [0.15, 0.2) is 27.3 Å². The lowest BCUT2D eigenvalue weighted by Gasteiger charge is -2.01. The Morgan fingerprint density at radius 1 is 1.50 bits per heavy atom. The highest BCUT2D eigenvalue weighted by Crippen LogP contribution is 2.26. The SMILES string of the molecule is OC1CN[C@H](c2nc(-c3ncccc3Br)no2)C1. The summed E-state index contributed by atoms with van der Waals surface area (Å²) in [5, 5.41) is 16.5. The maximum atomic E-state index is 9.46. The molecule has 2 aromatic rings. The number of β-amino-alcohol motifs (C(OH)–C–C–N with tert-alkyl or cyclic N) is 1. The van der Waals surface area contributed by atoms with Gasteiger partial charge in [0, 0.05) is 17.2 Å². The maximum Gasteiger partial charge on any atom is 0.244 e. The summed E-state index contributed by atoms with van der Waals surface area (Å²) in [5.41, 5.74) is 0.644. The van der Waals surface area contributed by atoms with Crippen molar-refractivity contribution in [3.8, 4) is 11.5 Å². The summed E-state index contributed by atoms with van der Waals surface area (Å²) < 4.78 is 6.03. The van der Waals surface area contributed by atoms with Gasteiger partial charge in [0.2, 0.25) is 11.7 Å². The van der Waals surface area contributed by atoms with Crippen LogP contribution in [0.4, 0.5) is 0 Å². The average Bonchev–Trinajstić information content (AvgIpc) is 2.98. The van der Waals surface area contributed by atoms with E-state index in [4.69, 9.17) is 4.52 Å². The van der Waals surface area contributed by atoms with Gasteiger partial charge >= 0.3 is 0 Å². The van der Waals surface area contributed by atoms with Crippen LogP contribution in [-0.4, -0.2) is 32.9 Å². The van der Waals surface area contributed by atoms with E-state index in [9.17, 15) is 5.11 Å². The molecule has 2 atom stereocenters. The minimum absolute atomic E-state index is 0.0799. The van der Waals surface area contributed by atoms with Crippen molar-refractivity contribution in [2.45, 2.75) is 18.6 Å². The third kappa shape index (κ3) is 2.16. The van der Waals surface area contributed by atoms with E-state index in [0.717, 1.165) is 4.47 Å². The number of hydrogen-bond donors (Lipinski definition) is 2. The van der Waals surface area contributed by atoms with Gasteiger partial charge in [-0.1, -0.05) is 5.16 Å². The largest absolute Gasteiger partial charge is 0.392 e. The molecule has 0 bridgehead atoms. The van der Waals surface area contributed by atoms with Gasteiger partial charge in [-0.2, -0.15) is 4.98 Å². The van der Waals surface area contributed by atoms with Gasteiger partial charge in [-0.15, -0.1) is 0 Å². The van der Waals surface area contributed by atoms with E-state index in [1.165, 1.54) is 0 Å². The molecule has 0 saturated carbocycles. The van der Waals surface area contributed by atoms with Crippen LogP contribution in [0.2, 0.25) is 0 Å². The molecule has 0 aliphatic carbocycles. The standard InChI is InChI=1S/C11H11BrN4O2/c12-7-2-1-3-13-9(7)10-15-11(18-16-10)8-4-6(17)5-14-8/h1-3,6,8,14,17H,4-5H2/t6?,8-/m0/s1. The van der Waals surface area contributed by atoms with Crippen molar-refractivity contribution in [2.24, 2.45) is 0 Å². The third-order valence-corrected chi connectivity index (χ3v) is 3.46. The molecule has 0 spiro atoms. The molecule has 3 rings (SSSR count). The third-order valence-electron chi connectivity index (χ3n) is 2.82. The Labute approximate surface area is 112 Å². The van der Waals surface area contributed by atoms with Crippen LogP contribution in [0, 0.1) is 0 Å². The maximum absolute atomic E-state index is 9.46. The van der Waals surface area contributed by atoms with Crippen LogP contribution in [-0.2, 0) is 0 Å². The normalized spacial score (nSPS) is 23.4. The highest BCUT2D eigenvalue weighted by Gasteiger charge is 2.28. The first-order valence-corrected chi connectivity index (χ1v) is 6.39. The second kappa shape index (κ2) is 4.75. The minimum Gasteiger partial charge on any atom is -0.392 e. The molecule has 6 nitrogen and oxygen atoms in total. The van der Waals surface area contributed by atoms with Crippen molar-refractivity contribution in [3.63, 3.8) is 0 Å². The molecule has 0 aromatic carbocycles. The molecular weight excluding hydrogens is 300 g/mol. The smallest absolute Gasteiger partial charge is 0.244 e. The molecule has 18 heavy (non-hydrogen) atoms. The summed E-state index contributed by atoms with van der Waals surface area (Å²) in [7, 11) is 0. The van der Waals surface area contributed by atoms with Crippen molar-refractivity contribution in [1.82, 2.24) is 20.4 Å². The number of hydrogen-bond acceptors (Lipinski definition) is 6. The van der Waals surface area contributed by atoms with Gasteiger partial charge in [-0.3, -0.25) is 4.98 Å². The lowest BCUT2D eigenvalue weighted by molar-refractivity contribution is 0.191.